The van der Waals surface area contributed by atoms with Gasteiger partial charge >= 0.3 is 5.97 Å². The smallest absolute Gasteiger partial charge is 0.319 e. The van der Waals surface area contributed by atoms with Gasteiger partial charge in [-0.15, -0.1) is 0 Å². The molecule has 0 heterocycles. The van der Waals surface area contributed by atoms with Crippen LogP contribution in [-0.2, 0) is 9.53 Å². The second-order valence-electron chi connectivity index (χ2n) is 5.80. The summed E-state index contributed by atoms with van der Waals surface area (Å²) in [6.45, 7) is 7.31. The van der Waals surface area contributed by atoms with Gasteiger partial charge < -0.3 is 15.2 Å². The fourth-order valence-electron chi connectivity index (χ4n) is 2.18. The molecule has 0 saturated heterocycles. The Balaban J connectivity index is 2.25. The maximum atomic E-state index is 11.1. The Hall–Kier alpha value is -0.610. The minimum absolute atomic E-state index is 0.180. The summed E-state index contributed by atoms with van der Waals surface area (Å²) in [5.41, 5.74) is -0.310. The van der Waals surface area contributed by atoms with Gasteiger partial charge in [0.05, 0.1) is 18.8 Å². The summed E-state index contributed by atoms with van der Waals surface area (Å²) in [4.78, 5) is 11.1. The Kier molecular flexibility index (Phi) is 4.95. The summed E-state index contributed by atoms with van der Waals surface area (Å²) in [5, 5.41) is 13.3. The van der Waals surface area contributed by atoms with Crippen LogP contribution in [-0.4, -0.2) is 36.4 Å². The summed E-state index contributed by atoms with van der Waals surface area (Å²) >= 11 is 0. The van der Waals surface area contributed by atoms with Gasteiger partial charge in [0, 0.05) is 6.54 Å². The molecular weight excluding hydrogens is 218 g/mol. The summed E-state index contributed by atoms with van der Waals surface area (Å²) in [5.74, 6) is -0.257. The molecule has 0 aromatic heterocycles. The molecule has 4 nitrogen and oxygen atoms in total. The monoisotopic (exact) mass is 243 g/mol. The number of carbonyl (C=O) groups excluding carboxylic acids is 1. The molecule has 0 aromatic carbocycles. The normalized spacial score (nSPS) is 22.1. The molecule has 0 bridgehead atoms. The molecule has 1 aliphatic rings. The highest BCUT2D eigenvalue weighted by Crippen LogP contribution is 2.39. The SMILES string of the molecule is CCOC(=O)CNCC1(O)CCC(C)(C)CC1. The van der Waals surface area contributed by atoms with Crippen LogP contribution in [0.25, 0.3) is 0 Å². The van der Waals surface area contributed by atoms with E-state index in [0.29, 0.717) is 18.6 Å². The minimum Gasteiger partial charge on any atom is -0.465 e. The largest absolute Gasteiger partial charge is 0.465 e. The van der Waals surface area contributed by atoms with Gasteiger partial charge in [0.15, 0.2) is 0 Å². The number of nitrogens with one attached hydrogen (secondary N) is 1. The van der Waals surface area contributed by atoms with Gasteiger partial charge in [-0.05, 0) is 38.0 Å². The van der Waals surface area contributed by atoms with Crippen molar-refractivity contribution in [2.45, 2.75) is 52.1 Å². The van der Waals surface area contributed by atoms with Crippen LogP contribution in [0, 0.1) is 5.41 Å². The summed E-state index contributed by atoms with van der Waals surface area (Å²) in [6.07, 6.45) is 3.67. The Bertz CT molecular complexity index is 253. The molecule has 0 spiro atoms. The van der Waals surface area contributed by atoms with Crippen LogP contribution in [0.5, 0.6) is 0 Å². The predicted molar refractivity (Wildman–Crippen MR) is 66.7 cm³/mol. The first-order valence-corrected chi connectivity index (χ1v) is 6.46. The summed E-state index contributed by atoms with van der Waals surface area (Å²) in [7, 11) is 0. The Morgan fingerprint density at radius 2 is 1.88 bits per heavy atom. The lowest BCUT2D eigenvalue weighted by atomic mass is 9.71. The maximum Gasteiger partial charge on any atom is 0.319 e. The van der Waals surface area contributed by atoms with Crippen molar-refractivity contribution >= 4 is 5.97 Å². The van der Waals surface area contributed by atoms with E-state index in [1.165, 1.54) is 0 Å². The number of esters is 1. The van der Waals surface area contributed by atoms with Gasteiger partial charge in [-0.1, -0.05) is 13.8 Å². The van der Waals surface area contributed by atoms with E-state index in [1.54, 1.807) is 6.92 Å². The van der Waals surface area contributed by atoms with Crippen molar-refractivity contribution in [3.8, 4) is 0 Å². The zero-order chi connectivity index (χ0) is 12.9. The third kappa shape index (κ3) is 5.04. The first kappa shape index (κ1) is 14.5. The average Bonchev–Trinajstić information content (AvgIpc) is 2.24. The number of aliphatic hydroxyl groups is 1. The third-order valence-corrected chi connectivity index (χ3v) is 3.56. The van der Waals surface area contributed by atoms with Gasteiger partial charge in [-0.2, -0.15) is 0 Å². The minimum atomic E-state index is -0.651. The molecule has 2 N–H and O–H groups in total. The lowest BCUT2D eigenvalue weighted by molar-refractivity contribution is -0.142. The summed E-state index contributed by atoms with van der Waals surface area (Å²) < 4.78 is 4.81. The molecular formula is C13H25NO3. The van der Waals surface area contributed by atoms with Crippen LogP contribution in [0.3, 0.4) is 0 Å². The Morgan fingerprint density at radius 1 is 1.29 bits per heavy atom. The molecule has 1 saturated carbocycles. The lowest BCUT2D eigenvalue weighted by Crippen LogP contribution is -2.46. The predicted octanol–water partition coefficient (Wildman–Crippen LogP) is 1.47. The van der Waals surface area contributed by atoms with Crippen LogP contribution >= 0.6 is 0 Å². The second-order valence-corrected chi connectivity index (χ2v) is 5.80. The van der Waals surface area contributed by atoms with Crippen LogP contribution < -0.4 is 5.32 Å². The van der Waals surface area contributed by atoms with Crippen LogP contribution in [0.15, 0.2) is 0 Å². The highest BCUT2D eigenvalue weighted by Gasteiger charge is 2.36. The molecule has 100 valence electrons. The zero-order valence-electron chi connectivity index (χ0n) is 11.2. The van der Waals surface area contributed by atoms with Gasteiger partial charge in [-0.25, -0.2) is 0 Å². The van der Waals surface area contributed by atoms with Crippen molar-refractivity contribution in [2.75, 3.05) is 19.7 Å². The van der Waals surface area contributed by atoms with Crippen molar-refractivity contribution < 1.29 is 14.6 Å². The highest BCUT2D eigenvalue weighted by molar-refractivity contribution is 5.71. The van der Waals surface area contributed by atoms with E-state index in [1.807, 2.05) is 0 Å². The fraction of sp³-hybridized carbons (Fsp3) is 0.923. The number of carbonyl (C=O) groups is 1. The standard InChI is InChI=1S/C13H25NO3/c1-4-17-11(15)9-14-10-13(16)7-5-12(2,3)6-8-13/h14,16H,4-10H2,1-3H3. The molecule has 0 amide bonds. The van der Waals surface area contributed by atoms with E-state index >= 15 is 0 Å². The average molecular weight is 243 g/mol. The molecule has 1 rings (SSSR count). The number of hydrogen-bond donors (Lipinski definition) is 2. The second kappa shape index (κ2) is 5.83. The summed E-state index contributed by atoms with van der Waals surface area (Å²) in [6, 6.07) is 0. The first-order chi connectivity index (χ1) is 7.87. The van der Waals surface area contributed by atoms with Crippen LogP contribution in [0.2, 0.25) is 0 Å². The third-order valence-electron chi connectivity index (χ3n) is 3.56. The Morgan fingerprint density at radius 3 is 2.41 bits per heavy atom. The maximum absolute atomic E-state index is 11.1. The number of hydrogen-bond acceptors (Lipinski definition) is 4. The van der Waals surface area contributed by atoms with Gasteiger partial charge in [0.25, 0.3) is 0 Å². The van der Waals surface area contributed by atoms with E-state index in [0.717, 1.165) is 25.7 Å². The van der Waals surface area contributed by atoms with E-state index in [4.69, 9.17) is 4.74 Å². The number of ether oxygens (including phenoxy) is 1. The van der Waals surface area contributed by atoms with E-state index in [2.05, 4.69) is 19.2 Å². The Labute approximate surface area is 104 Å². The quantitative estimate of drug-likeness (QED) is 0.718. The van der Waals surface area contributed by atoms with Gasteiger partial charge in [0.2, 0.25) is 0 Å². The van der Waals surface area contributed by atoms with E-state index in [-0.39, 0.29) is 12.5 Å². The topological polar surface area (TPSA) is 58.6 Å². The van der Waals surface area contributed by atoms with Crippen molar-refractivity contribution in [3.63, 3.8) is 0 Å². The van der Waals surface area contributed by atoms with Crippen LogP contribution in [0.1, 0.15) is 46.5 Å². The molecule has 1 aliphatic carbocycles. The molecule has 0 unspecified atom stereocenters. The van der Waals surface area contributed by atoms with Crippen molar-refractivity contribution in [3.05, 3.63) is 0 Å². The van der Waals surface area contributed by atoms with Gasteiger partial charge in [-0.3, -0.25) is 4.79 Å². The van der Waals surface area contributed by atoms with Crippen LogP contribution in [0.4, 0.5) is 0 Å². The molecule has 0 atom stereocenters. The number of rotatable bonds is 5. The first-order valence-electron chi connectivity index (χ1n) is 6.46. The van der Waals surface area contributed by atoms with E-state index in [9.17, 15) is 9.90 Å². The molecule has 4 heteroatoms. The highest BCUT2D eigenvalue weighted by atomic mass is 16.5. The molecule has 0 aromatic rings. The van der Waals surface area contributed by atoms with Crippen molar-refractivity contribution in [1.29, 1.82) is 0 Å². The lowest BCUT2D eigenvalue weighted by Gasteiger charge is -2.40. The van der Waals surface area contributed by atoms with Crippen molar-refractivity contribution in [1.82, 2.24) is 5.32 Å². The van der Waals surface area contributed by atoms with Gasteiger partial charge in [0.1, 0.15) is 0 Å². The zero-order valence-corrected chi connectivity index (χ0v) is 11.2. The molecule has 0 aliphatic heterocycles. The van der Waals surface area contributed by atoms with E-state index < -0.39 is 5.60 Å². The molecule has 1 fully saturated rings. The fourth-order valence-corrected chi connectivity index (χ4v) is 2.18. The molecule has 0 radical (unpaired) electrons. The molecule has 17 heavy (non-hydrogen) atoms. The van der Waals surface area contributed by atoms with Crippen molar-refractivity contribution in [2.24, 2.45) is 5.41 Å².